The van der Waals surface area contributed by atoms with Crippen LogP contribution < -0.4 is 0 Å². The molecule has 5 nitrogen and oxygen atoms in total. The van der Waals surface area contributed by atoms with Gasteiger partial charge in [0.1, 0.15) is 17.3 Å². The highest BCUT2D eigenvalue weighted by atomic mass is 19.1. The molecule has 0 bridgehead atoms. The van der Waals surface area contributed by atoms with Gasteiger partial charge in [-0.2, -0.15) is 0 Å². The molecule has 1 unspecified atom stereocenters. The Balaban J connectivity index is 1.56. The number of piperidine rings is 1. The van der Waals surface area contributed by atoms with Gasteiger partial charge in [0.15, 0.2) is 5.82 Å². The monoisotopic (exact) mass is 369 g/mol. The second kappa shape index (κ2) is 7.52. The fourth-order valence-electron chi connectivity index (χ4n) is 3.69. The van der Waals surface area contributed by atoms with Gasteiger partial charge >= 0.3 is 0 Å². The molecule has 1 saturated heterocycles. The van der Waals surface area contributed by atoms with Gasteiger partial charge in [0.2, 0.25) is 0 Å². The minimum Gasteiger partial charge on any atom is -0.341 e. The Kier molecular flexibility index (Phi) is 4.94. The van der Waals surface area contributed by atoms with E-state index in [-0.39, 0.29) is 11.7 Å². The lowest BCUT2D eigenvalue weighted by atomic mass is 9.92. The number of nitrogens with zero attached hydrogens (tertiary/aromatic N) is 4. The smallest absolute Gasteiger partial charge is 0.158 e. The Morgan fingerprint density at radius 2 is 2.04 bits per heavy atom. The minimum atomic E-state index is -0.413. The molecule has 140 valence electrons. The highest BCUT2D eigenvalue weighted by Gasteiger charge is 2.26. The van der Waals surface area contributed by atoms with Crippen LogP contribution in [0.15, 0.2) is 36.8 Å². The number of aromatic amines is 1. The maximum atomic E-state index is 14.0. The molecule has 3 heterocycles. The molecule has 27 heavy (non-hydrogen) atoms. The Labute approximate surface area is 156 Å². The van der Waals surface area contributed by atoms with E-state index in [0.29, 0.717) is 17.9 Å². The van der Waals surface area contributed by atoms with Gasteiger partial charge in [0, 0.05) is 48.9 Å². The Morgan fingerprint density at radius 1 is 1.19 bits per heavy atom. The Hall–Kier alpha value is -2.67. The van der Waals surface area contributed by atoms with Crippen LogP contribution in [0.4, 0.5) is 8.78 Å². The molecule has 1 N–H and O–H groups in total. The van der Waals surface area contributed by atoms with Crippen molar-refractivity contribution in [2.24, 2.45) is 0 Å². The zero-order valence-corrected chi connectivity index (χ0v) is 15.1. The fraction of sp³-hybridized carbons (Fsp3) is 0.350. The summed E-state index contributed by atoms with van der Waals surface area (Å²) in [6, 6.07) is 3.61. The molecule has 4 rings (SSSR count). The maximum Gasteiger partial charge on any atom is 0.158 e. The predicted octanol–water partition coefficient (Wildman–Crippen LogP) is 3.83. The number of H-pyrrole nitrogens is 1. The Bertz CT molecular complexity index is 940. The number of likely N-dealkylation sites (tertiary alicyclic amines) is 1. The third-order valence-corrected chi connectivity index (χ3v) is 4.95. The molecule has 2 aromatic heterocycles. The van der Waals surface area contributed by atoms with Gasteiger partial charge in [-0.05, 0) is 44.5 Å². The molecule has 1 aliphatic rings. The number of imidazole rings is 1. The maximum absolute atomic E-state index is 14.0. The summed E-state index contributed by atoms with van der Waals surface area (Å²) in [4.78, 5) is 18.8. The summed E-state index contributed by atoms with van der Waals surface area (Å²) in [6.45, 7) is 3.90. The normalized spacial score (nSPS) is 18.0. The van der Waals surface area contributed by atoms with Crippen LogP contribution in [-0.2, 0) is 6.54 Å². The van der Waals surface area contributed by atoms with Gasteiger partial charge in [0.25, 0.3) is 0 Å². The van der Waals surface area contributed by atoms with Crippen LogP contribution in [-0.4, -0.2) is 37.9 Å². The van der Waals surface area contributed by atoms with E-state index in [0.717, 1.165) is 49.1 Å². The zero-order chi connectivity index (χ0) is 18.8. The van der Waals surface area contributed by atoms with Crippen molar-refractivity contribution >= 4 is 0 Å². The van der Waals surface area contributed by atoms with Crippen LogP contribution in [0.3, 0.4) is 0 Å². The standard InChI is InChI=1S/C20H21F2N5/c1-13-10-25-20(26-13)19-18(23-6-7-24-19)14-3-2-8-27(11-14)12-15-9-16(21)4-5-17(15)22/h4-7,9-10,14H,2-3,8,11-12H2,1H3,(H,25,26). The number of rotatable bonds is 4. The average Bonchev–Trinajstić information content (AvgIpc) is 3.11. The van der Waals surface area contributed by atoms with Crippen LogP contribution in [0.25, 0.3) is 11.5 Å². The zero-order valence-electron chi connectivity index (χ0n) is 15.1. The van der Waals surface area contributed by atoms with Crippen molar-refractivity contribution in [1.29, 1.82) is 0 Å². The van der Waals surface area contributed by atoms with Crippen LogP contribution in [0.2, 0.25) is 0 Å². The number of aromatic nitrogens is 4. The summed E-state index contributed by atoms with van der Waals surface area (Å²) in [7, 11) is 0. The molecular formula is C20H21F2N5. The first kappa shape index (κ1) is 17.7. The lowest BCUT2D eigenvalue weighted by Gasteiger charge is -2.33. The molecule has 1 fully saturated rings. The summed E-state index contributed by atoms with van der Waals surface area (Å²) >= 11 is 0. The van der Waals surface area contributed by atoms with Crippen LogP contribution in [0, 0.1) is 18.6 Å². The number of nitrogens with one attached hydrogen (secondary N) is 1. The number of benzene rings is 1. The van der Waals surface area contributed by atoms with Crippen molar-refractivity contribution in [3.63, 3.8) is 0 Å². The summed E-state index contributed by atoms with van der Waals surface area (Å²) in [5, 5.41) is 0. The van der Waals surface area contributed by atoms with E-state index in [1.807, 2.05) is 6.92 Å². The summed E-state index contributed by atoms with van der Waals surface area (Å²) in [5.74, 6) is 0.0995. The number of hydrogen-bond acceptors (Lipinski definition) is 4. The van der Waals surface area contributed by atoms with E-state index in [2.05, 4.69) is 24.8 Å². The third kappa shape index (κ3) is 3.88. The highest BCUT2D eigenvalue weighted by molar-refractivity contribution is 5.53. The molecule has 0 amide bonds. The van der Waals surface area contributed by atoms with Crippen molar-refractivity contribution in [1.82, 2.24) is 24.8 Å². The molecule has 1 aromatic carbocycles. The third-order valence-electron chi connectivity index (χ3n) is 4.95. The number of aryl methyl sites for hydroxylation is 1. The van der Waals surface area contributed by atoms with Crippen LogP contribution >= 0.6 is 0 Å². The lowest BCUT2D eigenvalue weighted by Crippen LogP contribution is -2.34. The SMILES string of the molecule is Cc1cnc(-c2nccnc2C2CCCN(Cc3cc(F)ccc3F)C2)[nH]1. The van der Waals surface area contributed by atoms with Gasteiger partial charge in [-0.3, -0.25) is 9.88 Å². The topological polar surface area (TPSA) is 57.7 Å². The molecule has 0 aliphatic carbocycles. The first-order valence-electron chi connectivity index (χ1n) is 9.09. The molecule has 1 atom stereocenters. The highest BCUT2D eigenvalue weighted by Crippen LogP contribution is 2.31. The summed E-state index contributed by atoms with van der Waals surface area (Å²) in [6.07, 6.45) is 7.08. The van der Waals surface area contributed by atoms with Crippen LogP contribution in [0.5, 0.6) is 0 Å². The van der Waals surface area contributed by atoms with Gasteiger partial charge in [-0.1, -0.05) is 0 Å². The second-order valence-corrected chi connectivity index (χ2v) is 7.02. The van der Waals surface area contributed by atoms with Crippen molar-refractivity contribution in [3.05, 3.63) is 65.4 Å². The average molecular weight is 369 g/mol. The van der Waals surface area contributed by atoms with Crippen molar-refractivity contribution < 1.29 is 8.78 Å². The van der Waals surface area contributed by atoms with E-state index in [1.54, 1.807) is 18.6 Å². The first-order valence-corrected chi connectivity index (χ1v) is 9.09. The number of halogens is 2. The van der Waals surface area contributed by atoms with Gasteiger partial charge in [0.05, 0.1) is 5.69 Å². The van der Waals surface area contributed by atoms with Crippen molar-refractivity contribution in [3.8, 4) is 11.5 Å². The number of hydrogen-bond donors (Lipinski definition) is 1. The molecular weight excluding hydrogens is 348 g/mol. The molecule has 0 radical (unpaired) electrons. The second-order valence-electron chi connectivity index (χ2n) is 7.02. The molecule has 1 aliphatic heterocycles. The van der Waals surface area contributed by atoms with E-state index in [9.17, 15) is 8.78 Å². The largest absolute Gasteiger partial charge is 0.341 e. The van der Waals surface area contributed by atoms with Crippen molar-refractivity contribution in [2.45, 2.75) is 32.2 Å². The minimum absolute atomic E-state index is 0.171. The first-order chi connectivity index (χ1) is 13.1. The fourth-order valence-corrected chi connectivity index (χ4v) is 3.69. The van der Waals surface area contributed by atoms with Crippen LogP contribution in [0.1, 0.15) is 35.7 Å². The van der Waals surface area contributed by atoms with Crippen molar-refractivity contribution in [2.75, 3.05) is 13.1 Å². The molecule has 0 spiro atoms. The van der Waals surface area contributed by atoms with E-state index in [1.165, 1.54) is 12.1 Å². The lowest BCUT2D eigenvalue weighted by molar-refractivity contribution is 0.196. The summed E-state index contributed by atoms with van der Waals surface area (Å²) < 4.78 is 27.5. The van der Waals surface area contributed by atoms with E-state index >= 15 is 0 Å². The van der Waals surface area contributed by atoms with E-state index in [4.69, 9.17) is 0 Å². The summed E-state index contributed by atoms with van der Waals surface area (Å²) in [5.41, 5.74) is 3.01. The Morgan fingerprint density at radius 3 is 2.85 bits per heavy atom. The molecule has 3 aromatic rings. The molecule has 0 saturated carbocycles. The molecule has 7 heteroatoms. The van der Waals surface area contributed by atoms with E-state index < -0.39 is 5.82 Å². The van der Waals surface area contributed by atoms with Gasteiger partial charge in [-0.15, -0.1) is 0 Å². The predicted molar refractivity (Wildman–Crippen MR) is 98.0 cm³/mol. The van der Waals surface area contributed by atoms with Gasteiger partial charge < -0.3 is 4.98 Å². The van der Waals surface area contributed by atoms with Gasteiger partial charge in [-0.25, -0.2) is 18.7 Å². The quantitative estimate of drug-likeness (QED) is 0.759.